The van der Waals surface area contributed by atoms with Crippen LogP contribution in [0.25, 0.3) is 0 Å². The SMILES string of the molecule is CCC(C)NC(=O)C(Cc1ccccc1)N(Cc1cccc(OC)c1)C(=O)CCCN(c1ccc(C)c(C)c1)S(C)(=O)=O. The van der Waals surface area contributed by atoms with Crippen molar-refractivity contribution in [2.45, 2.75) is 72.0 Å². The van der Waals surface area contributed by atoms with Crippen molar-refractivity contribution in [3.05, 3.63) is 95.1 Å². The Morgan fingerprint density at radius 2 is 1.63 bits per heavy atom. The highest BCUT2D eigenvalue weighted by atomic mass is 32.2. The first-order valence-corrected chi connectivity index (χ1v) is 16.6. The molecule has 0 aliphatic heterocycles. The summed E-state index contributed by atoms with van der Waals surface area (Å²) in [6, 6.07) is 21.8. The van der Waals surface area contributed by atoms with Crippen LogP contribution in [-0.4, -0.2) is 57.1 Å². The van der Waals surface area contributed by atoms with Crippen LogP contribution in [0.4, 0.5) is 5.69 Å². The highest BCUT2D eigenvalue weighted by Crippen LogP contribution is 2.23. The van der Waals surface area contributed by atoms with Gasteiger partial charge in [-0.3, -0.25) is 13.9 Å². The molecule has 2 atom stereocenters. The van der Waals surface area contributed by atoms with E-state index in [2.05, 4.69) is 5.32 Å². The standard InChI is InChI=1S/C34H45N3O5S/c1-7-27(4)35-34(39)32(23-28-13-9-8-10-14-28)36(24-29-15-11-16-31(22-29)42-5)33(38)17-12-20-37(43(6,40)41)30-19-18-25(2)26(3)21-30/h8-11,13-16,18-19,21-22,27,32H,7,12,17,20,23-24H2,1-6H3,(H,35,39). The number of nitrogens with one attached hydrogen (secondary N) is 1. The van der Waals surface area contributed by atoms with Crippen molar-refractivity contribution >= 4 is 27.5 Å². The number of hydrogen-bond acceptors (Lipinski definition) is 5. The Kier molecular flexibility index (Phi) is 12.2. The number of ether oxygens (including phenoxy) is 1. The molecule has 3 aromatic carbocycles. The van der Waals surface area contributed by atoms with Crippen molar-refractivity contribution in [2.75, 3.05) is 24.2 Å². The summed E-state index contributed by atoms with van der Waals surface area (Å²) in [5.41, 5.74) is 4.40. The van der Waals surface area contributed by atoms with E-state index in [1.54, 1.807) is 18.1 Å². The quantitative estimate of drug-likeness (QED) is 0.249. The van der Waals surface area contributed by atoms with Crippen LogP contribution in [-0.2, 0) is 32.6 Å². The van der Waals surface area contributed by atoms with E-state index in [1.165, 1.54) is 10.6 Å². The van der Waals surface area contributed by atoms with Gasteiger partial charge in [-0.1, -0.05) is 55.5 Å². The summed E-state index contributed by atoms with van der Waals surface area (Å²) in [5.74, 6) is 0.213. The monoisotopic (exact) mass is 607 g/mol. The van der Waals surface area contributed by atoms with Gasteiger partial charge in [0.1, 0.15) is 11.8 Å². The van der Waals surface area contributed by atoms with Crippen LogP contribution in [0.2, 0.25) is 0 Å². The van der Waals surface area contributed by atoms with E-state index in [0.29, 0.717) is 24.3 Å². The minimum atomic E-state index is -3.58. The third-order valence-electron chi connectivity index (χ3n) is 7.69. The van der Waals surface area contributed by atoms with Gasteiger partial charge in [0.15, 0.2) is 0 Å². The van der Waals surface area contributed by atoms with Gasteiger partial charge in [0.05, 0.1) is 19.1 Å². The summed E-state index contributed by atoms with van der Waals surface area (Å²) < 4.78 is 32.2. The zero-order valence-electron chi connectivity index (χ0n) is 26.2. The van der Waals surface area contributed by atoms with Gasteiger partial charge in [-0.25, -0.2) is 8.42 Å². The Hall–Kier alpha value is -3.85. The summed E-state index contributed by atoms with van der Waals surface area (Å²) in [6.07, 6.45) is 2.64. The summed E-state index contributed by atoms with van der Waals surface area (Å²) in [5, 5.41) is 3.07. The van der Waals surface area contributed by atoms with Crippen LogP contribution >= 0.6 is 0 Å². The van der Waals surface area contributed by atoms with Gasteiger partial charge in [-0.2, -0.15) is 0 Å². The van der Waals surface area contributed by atoms with E-state index in [4.69, 9.17) is 4.74 Å². The summed E-state index contributed by atoms with van der Waals surface area (Å²) in [4.78, 5) is 29.3. The molecule has 9 heteroatoms. The molecule has 8 nitrogen and oxygen atoms in total. The topological polar surface area (TPSA) is 96.0 Å². The van der Waals surface area contributed by atoms with Crippen LogP contribution in [0, 0.1) is 13.8 Å². The first-order valence-electron chi connectivity index (χ1n) is 14.7. The molecule has 0 saturated carbocycles. The summed E-state index contributed by atoms with van der Waals surface area (Å²) in [7, 11) is -1.99. The lowest BCUT2D eigenvalue weighted by molar-refractivity contribution is -0.141. The summed E-state index contributed by atoms with van der Waals surface area (Å²) in [6.45, 7) is 8.20. The molecule has 0 heterocycles. The lowest BCUT2D eigenvalue weighted by Crippen LogP contribution is -2.52. The average Bonchev–Trinajstić information content (AvgIpc) is 2.98. The fraction of sp³-hybridized carbons (Fsp3) is 0.412. The molecule has 0 aliphatic carbocycles. The van der Waals surface area contributed by atoms with E-state index in [-0.39, 0.29) is 37.4 Å². The zero-order chi connectivity index (χ0) is 31.6. The molecule has 3 rings (SSSR count). The van der Waals surface area contributed by atoms with Crippen LogP contribution in [0.3, 0.4) is 0 Å². The van der Waals surface area contributed by atoms with E-state index < -0.39 is 16.1 Å². The number of carbonyl (C=O) groups is 2. The second-order valence-electron chi connectivity index (χ2n) is 11.1. The van der Waals surface area contributed by atoms with Gasteiger partial charge in [0.25, 0.3) is 0 Å². The van der Waals surface area contributed by atoms with Crippen molar-refractivity contribution in [2.24, 2.45) is 0 Å². The highest BCUT2D eigenvalue weighted by Gasteiger charge is 2.31. The third-order valence-corrected chi connectivity index (χ3v) is 8.88. The van der Waals surface area contributed by atoms with Crippen molar-refractivity contribution in [3.63, 3.8) is 0 Å². The van der Waals surface area contributed by atoms with Gasteiger partial charge in [-0.15, -0.1) is 0 Å². The van der Waals surface area contributed by atoms with Gasteiger partial charge in [0, 0.05) is 32.0 Å². The van der Waals surface area contributed by atoms with Gasteiger partial charge in [-0.05, 0) is 80.1 Å². The number of benzene rings is 3. The van der Waals surface area contributed by atoms with Crippen molar-refractivity contribution in [3.8, 4) is 5.75 Å². The lowest BCUT2D eigenvalue weighted by Gasteiger charge is -2.33. The van der Waals surface area contributed by atoms with E-state index in [9.17, 15) is 18.0 Å². The molecule has 0 radical (unpaired) electrons. The number of carbonyl (C=O) groups excluding carboxylic acids is 2. The molecule has 0 spiro atoms. The summed E-state index contributed by atoms with van der Waals surface area (Å²) >= 11 is 0. The number of rotatable bonds is 15. The third kappa shape index (κ3) is 9.85. The minimum absolute atomic E-state index is 0.0548. The largest absolute Gasteiger partial charge is 0.497 e. The number of aryl methyl sites for hydroxylation is 2. The molecule has 1 N–H and O–H groups in total. The molecule has 43 heavy (non-hydrogen) atoms. The second kappa shape index (κ2) is 15.6. The Labute approximate surface area is 257 Å². The smallest absolute Gasteiger partial charge is 0.243 e. The first kappa shape index (κ1) is 33.6. The van der Waals surface area contributed by atoms with E-state index >= 15 is 0 Å². The predicted octanol–water partition coefficient (Wildman–Crippen LogP) is 5.41. The fourth-order valence-electron chi connectivity index (χ4n) is 4.85. The molecule has 0 aliphatic rings. The number of nitrogens with zero attached hydrogens (tertiary/aromatic N) is 2. The molecule has 0 aromatic heterocycles. The van der Waals surface area contributed by atoms with E-state index in [0.717, 1.165) is 28.7 Å². The van der Waals surface area contributed by atoms with Crippen LogP contribution in [0.5, 0.6) is 5.75 Å². The molecule has 232 valence electrons. The number of hydrogen-bond donors (Lipinski definition) is 1. The predicted molar refractivity (Wildman–Crippen MR) is 173 cm³/mol. The van der Waals surface area contributed by atoms with Gasteiger partial charge < -0.3 is 15.0 Å². The molecule has 0 fully saturated rings. The Balaban J connectivity index is 1.91. The van der Waals surface area contributed by atoms with Crippen molar-refractivity contribution in [1.82, 2.24) is 10.2 Å². The van der Waals surface area contributed by atoms with Crippen LogP contribution in [0.1, 0.15) is 55.4 Å². The molecular weight excluding hydrogens is 562 g/mol. The van der Waals surface area contributed by atoms with Crippen molar-refractivity contribution in [1.29, 1.82) is 0 Å². The average molecular weight is 608 g/mol. The zero-order valence-corrected chi connectivity index (χ0v) is 27.0. The molecule has 3 aromatic rings. The maximum atomic E-state index is 14.0. The number of anilines is 1. The lowest BCUT2D eigenvalue weighted by atomic mass is 10.0. The normalized spacial score (nSPS) is 12.7. The number of methoxy groups -OCH3 is 1. The number of sulfonamides is 1. The molecule has 0 bridgehead atoms. The maximum absolute atomic E-state index is 14.0. The Morgan fingerprint density at radius 3 is 2.26 bits per heavy atom. The maximum Gasteiger partial charge on any atom is 0.243 e. The van der Waals surface area contributed by atoms with Crippen LogP contribution in [0.15, 0.2) is 72.8 Å². The molecule has 2 unspecified atom stereocenters. The van der Waals surface area contributed by atoms with E-state index in [1.807, 2.05) is 94.4 Å². The van der Waals surface area contributed by atoms with Gasteiger partial charge in [0.2, 0.25) is 21.8 Å². The minimum Gasteiger partial charge on any atom is -0.497 e. The Bertz CT molecular complexity index is 1480. The molecular formula is C34H45N3O5S. The van der Waals surface area contributed by atoms with Gasteiger partial charge >= 0.3 is 0 Å². The van der Waals surface area contributed by atoms with Crippen LogP contribution < -0.4 is 14.4 Å². The second-order valence-corrected chi connectivity index (χ2v) is 13.0. The first-order chi connectivity index (χ1) is 20.4. The molecule has 0 saturated heterocycles. The molecule has 2 amide bonds. The number of amides is 2. The fourth-order valence-corrected chi connectivity index (χ4v) is 5.80. The highest BCUT2D eigenvalue weighted by molar-refractivity contribution is 7.92. The Morgan fingerprint density at radius 1 is 0.930 bits per heavy atom. The van der Waals surface area contributed by atoms with Crippen molar-refractivity contribution < 1.29 is 22.7 Å².